The largest absolute Gasteiger partial charge is 0.394 e. The minimum absolute atomic E-state index is 0.0461. The fourth-order valence-electron chi connectivity index (χ4n) is 1.59. The Kier molecular flexibility index (Phi) is 3.39. The number of aromatic nitrogens is 2. The van der Waals surface area contributed by atoms with Gasteiger partial charge in [-0.25, -0.2) is 9.97 Å². The van der Waals surface area contributed by atoms with Gasteiger partial charge in [0.1, 0.15) is 0 Å². The number of nitrogen functional groups attached to an aromatic ring is 1. The number of rotatable bonds is 4. The normalized spacial score (nSPS) is 12.6. The van der Waals surface area contributed by atoms with Crippen LogP contribution in [-0.2, 0) is 0 Å². The molecule has 0 amide bonds. The Bertz CT molecular complexity index is 511. The molecule has 17 heavy (non-hydrogen) atoms. The van der Waals surface area contributed by atoms with Crippen LogP contribution >= 0.6 is 0 Å². The van der Waals surface area contributed by atoms with Gasteiger partial charge in [0.05, 0.1) is 23.7 Å². The Hall–Kier alpha value is -1.88. The number of aliphatic hydroxyl groups excluding tert-OH is 1. The molecular weight excluding hydrogens is 216 g/mol. The molecule has 0 radical (unpaired) electrons. The Morgan fingerprint density at radius 3 is 2.53 bits per heavy atom. The predicted molar refractivity (Wildman–Crippen MR) is 68.7 cm³/mol. The molecule has 1 aromatic heterocycles. The molecule has 1 heterocycles. The van der Waals surface area contributed by atoms with Crippen LogP contribution in [0.5, 0.6) is 0 Å². The summed E-state index contributed by atoms with van der Waals surface area (Å²) in [6, 6.07) is 7.50. The van der Waals surface area contributed by atoms with Gasteiger partial charge in [-0.3, -0.25) is 0 Å². The van der Waals surface area contributed by atoms with Crippen molar-refractivity contribution < 1.29 is 5.11 Å². The molecule has 90 valence electrons. The molecule has 0 saturated heterocycles. The second-order valence-corrected chi connectivity index (χ2v) is 3.88. The molecule has 0 fully saturated rings. The fourth-order valence-corrected chi connectivity index (χ4v) is 1.59. The van der Waals surface area contributed by atoms with Crippen molar-refractivity contribution in [1.29, 1.82) is 0 Å². The molecule has 0 spiro atoms. The third kappa shape index (κ3) is 2.45. The lowest BCUT2D eigenvalue weighted by Crippen LogP contribution is -2.24. The maximum atomic E-state index is 9.14. The molecule has 1 atom stereocenters. The van der Waals surface area contributed by atoms with Gasteiger partial charge in [-0.2, -0.15) is 0 Å². The summed E-state index contributed by atoms with van der Waals surface area (Å²) in [5.41, 5.74) is 7.39. The third-order valence-electron chi connectivity index (χ3n) is 2.65. The minimum atomic E-state index is -0.0484. The highest BCUT2D eigenvalue weighted by atomic mass is 16.3. The van der Waals surface area contributed by atoms with Crippen LogP contribution in [0.15, 0.2) is 24.3 Å². The molecule has 0 aliphatic rings. The molecule has 2 rings (SSSR count). The Morgan fingerprint density at radius 1 is 1.29 bits per heavy atom. The number of para-hydroxylation sites is 2. The zero-order valence-corrected chi connectivity index (χ0v) is 9.72. The summed E-state index contributed by atoms with van der Waals surface area (Å²) in [6.45, 7) is 2.03. The summed E-state index contributed by atoms with van der Waals surface area (Å²) in [7, 11) is 0. The van der Waals surface area contributed by atoms with E-state index in [0.29, 0.717) is 11.6 Å². The molecule has 5 nitrogen and oxygen atoms in total. The lowest BCUT2D eigenvalue weighted by atomic mass is 10.2. The van der Waals surface area contributed by atoms with Crippen LogP contribution < -0.4 is 11.1 Å². The highest BCUT2D eigenvalue weighted by Gasteiger charge is 2.10. The molecule has 0 aliphatic carbocycles. The fraction of sp³-hybridized carbons (Fsp3) is 0.333. The standard InChI is InChI=1S/C12H16N4O/c1-2-8(7-17)14-12-11(13)15-9-5-3-4-6-10(9)16-12/h3-6,8,17H,2,7H2,1H3,(H2,13,15)(H,14,16). The van der Waals surface area contributed by atoms with Gasteiger partial charge < -0.3 is 16.2 Å². The quantitative estimate of drug-likeness (QED) is 0.742. The van der Waals surface area contributed by atoms with Crippen molar-refractivity contribution in [1.82, 2.24) is 9.97 Å². The Labute approximate surface area is 99.7 Å². The second kappa shape index (κ2) is 4.97. The van der Waals surface area contributed by atoms with E-state index in [1.165, 1.54) is 0 Å². The first-order valence-corrected chi connectivity index (χ1v) is 5.64. The van der Waals surface area contributed by atoms with Crippen molar-refractivity contribution >= 4 is 22.7 Å². The summed E-state index contributed by atoms with van der Waals surface area (Å²) < 4.78 is 0. The van der Waals surface area contributed by atoms with Crippen LogP contribution in [0.4, 0.5) is 11.6 Å². The first-order valence-electron chi connectivity index (χ1n) is 5.64. The van der Waals surface area contributed by atoms with E-state index in [2.05, 4.69) is 15.3 Å². The van der Waals surface area contributed by atoms with Gasteiger partial charge in [-0.15, -0.1) is 0 Å². The minimum Gasteiger partial charge on any atom is -0.394 e. The van der Waals surface area contributed by atoms with Crippen LogP contribution in [0.3, 0.4) is 0 Å². The Balaban J connectivity index is 2.37. The van der Waals surface area contributed by atoms with Gasteiger partial charge in [0, 0.05) is 0 Å². The maximum Gasteiger partial charge on any atom is 0.169 e. The molecule has 1 unspecified atom stereocenters. The highest BCUT2D eigenvalue weighted by molar-refractivity contribution is 5.79. The summed E-state index contributed by atoms with van der Waals surface area (Å²) in [6.07, 6.45) is 0.796. The summed E-state index contributed by atoms with van der Waals surface area (Å²) in [5.74, 6) is 0.889. The van der Waals surface area contributed by atoms with Crippen molar-refractivity contribution in [2.45, 2.75) is 19.4 Å². The van der Waals surface area contributed by atoms with Crippen LogP contribution in [0, 0.1) is 0 Å². The number of nitrogens with zero attached hydrogens (tertiary/aromatic N) is 2. The SMILES string of the molecule is CCC(CO)Nc1nc2ccccc2nc1N. The number of nitrogens with one attached hydrogen (secondary N) is 1. The average Bonchev–Trinajstić information content (AvgIpc) is 2.36. The number of hydrogen-bond acceptors (Lipinski definition) is 5. The Morgan fingerprint density at radius 2 is 1.94 bits per heavy atom. The average molecular weight is 232 g/mol. The van der Waals surface area contributed by atoms with E-state index in [0.717, 1.165) is 17.5 Å². The van der Waals surface area contributed by atoms with E-state index < -0.39 is 0 Å². The van der Waals surface area contributed by atoms with E-state index in [9.17, 15) is 0 Å². The van der Waals surface area contributed by atoms with Gasteiger partial charge >= 0.3 is 0 Å². The van der Waals surface area contributed by atoms with Crippen molar-refractivity contribution in [2.24, 2.45) is 0 Å². The van der Waals surface area contributed by atoms with Gasteiger partial charge in [0.25, 0.3) is 0 Å². The topological polar surface area (TPSA) is 84.1 Å². The van der Waals surface area contributed by atoms with E-state index in [1.54, 1.807) is 0 Å². The zero-order valence-electron chi connectivity index (χ0n) is 9.72. The van der Waals surface area contributed by atoms with Crippen LogP contribution in [0.2, 0.25) is 0 Å². The van der Waals surface area contributed by atoms with E-state index in [-0.39, 0.29) is 12.6 Å². The molecule has 5 heteroatoms. The molecule has 0 saturated carbocycles. The molecule has 4 N–H and O–H groups in total. The third-order valence-corrected chi connectivity index (χ3v) is 2.65. The van der Waals surface area contributed by atoms with E-state index >= 15 is 0 Å². The predicted octanol–water partition coefficient (Wildman–Crippen LogP) is 1.39. The summed E-state index contributed by atoms with van der Waals surface area (Å²) >= 11 is 0. The molecule has 1 aromatic carbocycles. The number of hydrogen-bond donors (Lipinski definition) is 3. The maximum absolute atomic E-state index is 9.14. The van der Waals surface area contributed by atoms with Crippen molar-refractivity contribution in [3.63, 3.8) is 0 Å². The van der Waals surface area contributed by atoms with Crippen molar-refractivity contribution in [3.8, 4) is 0 Å². The summed E-state index contributed by atoms with van der Waals surface area (Å²) in [4.78, 5) is 8.67. The molecule has 0 bridgehead atoms. The lowest BCUT2D eigenvalue weighted by Gasteiger charge is -2.15. The van der Waals surface area contributed by atoms with E-state index in [4.69, 9.17) is 10.8 Å². The van der Waals surface area contributed by atoms with Crippen LogP contribution in [-0.4, -0.2) is 27.7 Å². The number of aliphatic hydroxyl groups is 1. The number of fused-ring (bicyclic) bond motifs is 1. The number of nitrogens with two attached hydrogens (primary N) is 1. The monoisotopic (exact) mass is 232 g/mol. The smallest absolute Gasteiger partial charge is 0.169 e. The van der Waals surface area contributed by atoms with Crippen molar-refractivity contribution in [3.05, 3.63) is 24.3 Å². The second-order valence-electron chi connectivity index (χ2n) is 3.88. The first-order chi connectivity index (χ1) is 8.24. The van der Waals surface area contributed by atoms with Crippen LogP contribution in [0.1, 0.15) is 13.3 Å². The van der Waals surface area contributed by atoms with Gasteiger partial charge in [-0.05, 0) is 18.6 Å². The highest BCUT2D eigenvalue weighted by Crippen LogP contribution is 2.19. The molecule has 0 aliphatic heterocycles. The number of anilines is 2. The van der Waals surface area contributed by atoms with Crippen LogP contribution in [0.25, 0.3) is 11.0 Å². The van der Waals surface area contributed by atoms with Gasteiger partial charge in [0.2, 0.25) is 0 Å². The lowest BCUT2D eigenvalue weighted by molar-refractivity contribution is 0.271. The van der Waals surface area contributed by atoms with E-state index in [1.807, 2.05) is 31.2 Å². The zero-order chi connectivity index (χ0) is 12.3. The van der Waals surface area contributed by atoms with Gasteiger partial charge in [0.15, 0.2) is 11.6 Å². The molecular formula is C12H16N4O. The van der Waals surface area contributed by atoms with Gasteiger partial charge in [-0.1, -0.05) is 19.1 Å². The van der Waals surface area contributed by atoms with Crippen molar-refractivity contribution in [2.75, 3.05) is 17.7 Å². The first kappa shape index (κ1) is 11.6. The summed E-state index contributed by atoms with van der Waals surface area (Å²) in [5, 5.41) is 12.2. The number of benzene rings is 1. The molecule has 2 aromatic rings.